The zero-order chi connectivity index (χ0) is 17.5. The molecule has 24 heavy (non-hydrogen) atoms. The Bertz CT molecular complexity index is 608. The molecule has 0 aromatic rings. The van der Waals surface area contributed by atoms with E-state index in [1.54, 1.807) is 5.41 Å². The number of rotatable bonds is 3. The number of thioether (sulfide) groups is 1. The smallest absolute Gasteiger partial charge is 0.334 e. The second kappa shape index (κ2) is 6.58. The van der Waals surface area contributed by atoms with E-state index in [9.17, 15) is 9.59 Å². The van der Waals surface area contributed by atoms with Crippen molar-refractivity contribution in [2.75, 3.05) is 6.26 Å². The molecule has 2 aliphatic carbocycles. The van der Waals surface area contributed by atoms with Crippen LogP contribution in [0.2, 0.25) is 0 Å². The molecule has 0 aromatic heterocycles. The SMILES string of the molecule is CS/C=C\C(=O)OC1CC[C@@H]2CC3OC(=O)C(C)=C3C[C@]2(C)[C@H]1C. The van der Waals surface area contributed by atoms with Gasteiger partial charge in [-0.3, -0.25) is 0 Å². The third-order valence-electron chi connectivity index (χ3n) is 6.43. The fraction of sp³-hybridized carbons (Fsp3) is 0.684. The van der Waals surface area contributed by atoms with Crippen molar-refractivity contribution in [2.24, 2.45) is 17.3 Å². The van der Waals surface area contributed by atoms with Gasteiger partial charge < -0.3 is 9.47 Å². The van der Waals surface area contributed by atoms with Gasteiger partial charge in [0.2, 0.25) is 0 Å². The first kappa shape index (κ1) is 17.6. The Labute approximate surface area is 148 Å². The van der Waals surface area contributed by atoms with E-state index in [0.29, 0.717) is 5.92 Å². The number of ether oxygens (including phenoxy) is 2. The maximum Gasteiger partial charge on any atom is 0.334 e. The van der Waals surface area contributed by atoms with Gasteiger partial charge in [0.1, 0.15) is 12.2 Å². The average molecular weight is 350 g/mol. The summed E-state index contributed by atoms with van der Waals surface area (Å²) in [5, 5.41) is 1.75. The van der Waals surface area contributed by atoms with Gasteiger partial charge in [-0.15, -0.1) is 11.8 Å². The van der Waals surface area contributed by atoms with E-state index >= 15 is 0 Å². The highest BCUT2D eigenvalue weighted by Gasteiger charge is 2.53. The number of carbonyl (C=O) groups excluding carboxylic acids is 2. The third kappa shape index (κ3) is 2.92. The van der Waals surface area contributed by atoms with Crippen LogP contribution in [0.25, 0.3) is 0 Å². The van der Waals surface area contributed by atoms with Crippen LogP contribution in [0.4, 0.5) is 0 Å². The summed E-state index contributed by atoms with van der Waals surface area (Å²) in [6, 6.07) is 0. The zero-order valence-electron chi connectivity index (χ0n) is 14.8. The van der Waals surface area contributed by atoms with Crippen LogP contribution >= 0.6 is 11.8 Å². The molecular weight excluding hydrogens is 324 g/mol. The molecule has 4 nitrogen and oxygen atoms in total. The molecule has 2 fully saturated rings. The molecule has 132 valence electrons. The number of fused-ring (bicyclic) bond motifs is 2. The van der Waals surface area contributed by atoms with Gasteiger partial charge in [0.05, 0.1) is 0 Å². The molecule has 0 spiro atoms. The third-order valence-corrected chi connectivity index (χ3v) is 6.84. The first-order valence-corrected chi connectivity index (χ1v) is 9.96. The van der Waals surface area contributed by atoms with Crippen LogP contribution in [0, 0.1) is 17.3 Å². The van der Waals surface area contributed by atoms with Gasteiger partial charge in [-0.2, -0.15) is 0 Å². The molecular formula is C19H26O4S. The van der Waals surface area contributed by atoms with Crippen LogP contribution in [0.5, 0.6) is 0 Å². The second-order valence-electron chi connectivity index (χ2n) is 7.54. The fourth-order valence-corrected chi connectivity index (χ4v) is 4.92. The first-order valence-electron chi connectivity index (χ1n) is 8.67. The summed E-state index contributed by atoms with van der Waals surface area (Å²) < 4.78 is 11.3. The Morgan fingerprint density at radius 2 is 2.17 bits per heavy atom. The molecule has 0 N–H and O–H groups in total. The predicted molar refractivity (Wildman–Crippen MR) is 94.3 cm³/mol. The lowest BCUT2D eigenvalue weighted by molar-refractivity contribution is -0.158. The molecule has 2 unspecified atom stereocenters. The fourth-order valence-electron chi connectivity index (χ4n) is 4.67. The zero-order valence-corrected chi connectivity index (χ0v) is 15.7. The summed E-state index contributed by atoms with van der Waals surface area (Å²) >= 11 is 1.49. The van der Waals surface area contributed by atoms with E-state index in [1.807, 2.05) is 13.2 Å². The number of hydrogen-bond acceptors (Lipinski definition) is 5. The summed E-state index contributed by atoms with van der Waals surface area (Å²) in [4.78, 5) is 23.8. The second-order valence-corrected chi connectivity index (χ2v) is 8.28. The molecule has 1 heterocycles. The van der Waals surface area contributed by atoms with E-state index in [4.69, 9.17) is 9.47 Å². The van der Waals surface area contributed by atoms with Crippen LogP contribution < -0.4 is 0 Å². The first-order chi connectivity index (χ1) is 11.4. The maximum absolute atomic E-state index is 12.0. The van der Waals surface area contributed by atoms with E-state index < -0.39 is 0 Å². The molecule has 0 radical (unpaired) electrons. The Hall–Kier alpha value is -1.23. The van der Waals surface area contributed by atoms with Crippen molar-refractivity contribution >= 4 is 23.7 Å². The van der Waals surface area contributed by atoms with Crippen LogP contribution in [-0.2, 0) is 19.1 Å². The van der Waals surface area contributed by atoms with E-state index in [0.717, 1.165) is 31.3 Å². The van der Waals surface area contributed by atoms with Crippen LogP contribution in [-0.4, -0.2) is 30.4 Å². The molecule has 5 heteroatoms. The molecule has 0 bridgehead atoms. The standard InChI is InChI=1S/C19H26O4S/c1-11-14-10-19(3)12(2)15(22-17(20)7-8-24-4)6-5-13(19)9-16(14)23-18(11)21/h7-8,12-13,15-16H,5-6,9-10H2,1-4H3/b8-7-/t12-,13+,15?,16?,19+/m0/s1. The lowest BCUT2D eigenvalue weighted by Gasteiger charge is -2.53. The number of hydrogen-bond donors (Lipinski definition) is 0. The van der Waals surface area contributed by atoms with Crippen LogP contribution in [0.3, 0.4) is 0 Å². The Kier molecular flexibility index (Phi) is 4.82. The van der Waals surface area contributed by atoms with Crippen molar-refractivity contribution in [3.63, 3.8) is 0 Å². The highest BCUT2D eigenvalue weighted by atomic mass is 32.2. The largest absolute Gasteiger partial charge is 0.459 e. The Balaban J connectivity index is 1.77. The average Bonchev–Trinajstić information content (AvgIpc) is 2.81. The van der Waals surface area contributed by atoms with Crippen molar-refractivity contribution < 1.29 is 19.1 Å². The van der Waals surface area contributed by atoms with E-state index in [2.05, 4.69) is 13.8 Å². The molecule has 0 aromatic carbocycles. The quantitative estimate of drug-likeness (QED) is 0.571. The summed E-state index contributed by atoms with van der Waals surface area (Å²) in [6.45, 7) is 6.36. The molecule has 3 aliphatic rings. The van der Waals surface area contributed by atoms with Crippen molar-refractivity contribution in [3.05, 3.63) is 22.6 Å². The minimum Gasteiger partial charge on any atom is -0.459 e. The number of carbonyl (C=O) groups is 2. The summed E-state index contributed by atoms with van der Waals surface area (Å²) in [5.41, 5.74) is 2.00. The van der Waals surface area contributed by atoms with Gasteiger partial charge in [0.15, 0.2) is 0 Å². The van der Waals surface area contributed by atoms with Crippen LogP contribution in [0.1, 0.15) is 46.5 Å². The predicted octanol–water partition coefficient (Wildman–Crippen LogP) is 3.86. The van der Waals surface area contributed by atoms with Gasteiger partial charge in [0, 0.05) is 11.6 Å². The van der Waals surface area contributed by atoms with Gasteiger partial charge in [-0.25, -0.2) is 9.59 Å². The highest BCUT2D eigenvalue weighted by Crippen LogP contribution is 2.57. The minimum absolute atomic E-state index is 0.0219. The van der Waals surface area contributed by atoms with Gasteiger partial charge in [0.25, 0.3) is 0 Å². The van der Waals surface area contributed by atoms with Crippen molar-refractivity contribution in [3.8, 4) is 0 Å². The van der Waals surface area contributed by atoms with Gasteiger partial charge in [-0.05, 0) is 67.1 Å². The monoisotopic (exact) mass is 350 g/mol. The normalized spacial score (nSPS) is 38.8. The van der Waals surface area contributed by atoms with Crippen molar-refractivity contribution in [1.29, 1.82) is 0 Å². The maximum atomic E-state index is 12.0. The summed E-state index contributed by atoms with van der Waals surface area (Å²) in [7, 11) is 0. The van der Waals surface area contributed by atoms with E-state index in [1.165, 1.54) is 23.4 Å². The molecule has 5 atom stereocenters. The topological polar surface area (TPSA) is 52.6 Å². The lowest BCUT2D eigenvalue weighted by atomic mass is 9.53. The molecule has 0 saturated heterocycles. The van der Waals surface area contributed by atoms with Gasteiger partial charge >= 0.3 is 11.9 Å². The Morgan fingerprint density at radius 3 is 2.88 bits per heavy atom. The Morgan fingerprint density at radius 1 is 1.42 bits per heavy atom. The molecule has 1 aliphatic heterocycles. The van der Waals surface area contributed by atoms with Gasteiger partial charge in [-0.1, -0.05) is 13.8 Å². The van der Waals surface area contributed by atoms with Crippen LogP contribution in [0.15, 0.2) is 22.6 Å². The summed E-state index contributed by atoms with van der Waals surface area (Å²) in [5.74, 6) is 0.360. The molecule has 2 saturated carbocycles. The van der Waals surface area contributed by atoms with Crippen molar-refractivity contribution in [2.45, 2.75) is 58.7 Å². The molecule has 0 amide bonds. The van der Waals surface area contributed by atoms with E-state index in [-0.39, 0.29) is 35.5 Å². The minimum atomic E-state index is -0.258. The van der Waals surface area contributed by atoms with Crippen molar-refractivity contribution in [1.82, 2.24) is 0 Å². The lowest BCUT2D eigenvalue weighted by Crippen LogP contribution is -2.50. The molecule has 3 rings (SSSR count). The summed E-state index contributed by atoms with van der Waals surface area (Å²) in [6.07, 6.45) is 7.02. The highest BCUT2D eigenvalue weighted by molar-refractivity contribution is 8.01. The number of esters is 2.